The first-order valence-electron chi connectivity index (χ1n) is 4.56. The maximum absolute atomic E-state index is 5.59. The molecule has 4 nitrogen and oxygen atoms in total. The molecular formula is C9H8BrN3OS. The van der Waals surface area contributed by atoms with E-state index < -0.39 is 0 Å². The molecule has 0 radical (unpaired) electrons. The zero-order valence-electron chi connectivity index (χ0n) is 7.95. The molecule has 1 atom stereocenters. The molecule has 3 rings (SSSR count). The highest BCUT2D eigenvalue weighted by molar-refractivity contribution is 9.10. The van der Waals surface area contributed by atoms with Crippen LogP contribution < -0.4 is 4.74 Å². The number of fused-ring (bicyclic) bond motifs is 1. The Morgan fingerprint density at radius 3 is 3.20 bits per heavy atom. The predicted molar refractivity (Wildman–Crippen MR) is 60.5 cm³/mol. The van der Waals surface area contributed by atoms with Crippen molar-refractivity contribution in [2.45, 2.75) is 12.8 Å². The number of H-pyrrole nitrogens is 1. The number of rotatable bonds is 1. The molecule has 0 saturated heterocycles. The Labute approximate surface area is 99.1 Å². The van der Waals surface area contributed by atoms with E-state index >= 15 is 0 Å². The van der Waals surface area contributed by atoms with Crippen molar-refractivity contribution in [2.24, 2.45) is 0 Å². The van der Waals surface area contributed by atoms with E-state index in [4.69, 9.17) is 4.74 Å². The van der Waals surface area contributed by atoms with E-state index in [1.807, 2.05) is 13.0 Å². The van der Waals surface area contributed by atoms with E-state index in [1.165, 1.54) is 11.7 Å². The summed E-state index contributed by atoms with van der Waals surface area (Å²) in [5, 5.41) is 0. The summed E-state index contributed by atoms with van der Waals surface area (Å²) < 4.78 is 15.0. The zero-order valence-corrected chi connectivity index (χ0v) is 10.4. The molecule has 3 heterocycles. The van der Waals surface area contributed by atoms with Gasteiger partial charge in [0.15, 0.2) is 0 Å². The maximum Gasteiger partial charge on any atom is 0.142 e. The van der Waals surface area contributed by atoms with Gasteiger partial charge >= 0.3 is 0 Å². The van der Waals surface area contributed by atoms with Gasteiger partial charge in [0.25, 0.3) is 0 Å². The highest BCUT2D eigenvalue weighted by atomic mass is 79.9. The Morgan fingerprint density at radius 1 is 1.60 bits per heavy atom. The summed E-state index contributed by atoms with van der Waals surface area (Å²) in [5.74, 6) is 1.12. The van der Waals surface area contributed by atoms with E-state index in [2.05, 4.69) is 29.7 Å². The van der Waals surface area contributed by atoms with Crippen molar-refractivity contribution in [3.05, 3.63) is 27.8 Å². The average Bonchev–Trinajstić information content (AvgIpc) is 2.81. The molecule has 1 N–H and O–H groups in total. The molecule has 78 valence electrons. The first-order valence-corrected chi connectivity index (χ1v) is 6.08. The van der Waals surface area contributed by atoms with Crippen LogP contribution in [0.3, 0.4) is 0 Å². The van der Waals surface area contributed by atoms with Gasteiger partial charge in [0, 0.05) is 6.07 Å². The molecule has 1 aliphatic rings. The van der Waals surface area contributed by atoms with Gasteiger partial charge in [-0.25, -0.2) is 0 Å². The van der Waals surface area contributed by atoms with E-state index in [0.717, 1.165) is 27.4 Å². The Morgan fingerprint density at radius 2 is 2.47 bits per heavy atom. The third-order valence-corrected chi connectivity index (χ3v) is 3.61. The highest BCUT2D eigenvalue weighted by Gasteiger charge is 2.31. The summed E-state index contributed by atoms with van der Waals surface area (Å²) in [4.78, 5) is 3.25. The van der Waals surface area contributed by atoms with Crippen LogP contribution in [0.5, 0.6) is 5.75 Å². The Bertz CT molecular complexity index is 507. The van der Waals surface area contributed by atoms with Gasteiger partial charge in [0.2, 0.25) is 0 Å². The molecule has 2 aromatic heterocycles. The second-order valence-electron chi connectivity index (χ2n) is 3.49. The smallest absolute Gasteiger partial charge is 0.142 e. The van der Waals surface area contributed by atoms with Crippen LogP contribution in [0.25, 0.3) is 0 Å². The number of nitrogens with zero attached hydrogens (tertiary/aromatic N) is 2. The van der Waals surface area contributed by atoms with Crippen molar-refractivity contribution in [3.63, 3.8) is 0 Å². The highest BCUT2D eigenvalue weighted by Crippen LogP contribution is 2.39. The zero-order chi connectivity index (χ0) is 10.4. The van der Waals surface area contributed by atoms with Crippen LogP contribution in [0.15, 0.2) is 10.7 Å². The minimum atomic E-state index is 0.199. The lowest BCUT2D eigenvalue weighted by molar-refractivity contribution is 0.341. The quantitative estimate of drug-likeness (QED) is 0.876. The minimum Gasteiger partial charge on any atom is -0.491 e. The number of aryl methyl sites for hydroxylation is 1. The number of aromatic nitrogens is 3. The molecule has 0 amide bonds. The van der Waals surface area contributed by atoms with Crippen LogP contribution in [0.1, 0.15) is 23.0 Å². The number of halogens is 1. The third-order valence-electron chi connectivity index (χ3n) is 2.55. The number of aromatic amines is 1. The molecule has 1 unspecified atom stereocenters. The van der Waals surface area contributed by atoms with Crippen molar-refractivity contribution >= 4 is 27.7 Å². The first-order chi connectivity index (χ1) is 7.25. The lowest BCUT2D eigenvalue weighted by Crippen LogP contribution is -2.05. The van der Waals surface area contributed by atoms with Crippen molar-refractivity contribution in [1.82, 2.24) is 13.7 Å². The molecule has 0 spiro atoms. The second kappa shape index (κ2) is 3.31. The molecule has 1 aliphatic heterocycles. The summed E-state index contributed by atoms with van der Waals surface area (Å²) in [5.41, 5.74) is 3.11. The van der Waals surface area contributed by atoms with Crippen LogP contribution in [-0.4, -0.2) is 20.3 Å². The fraction of sp³-hybridized carbons (Fsp3) is 0.333. The average molecular weight is 286 g/mol. The fourth-order valence-corrected chi connectivity index (χ4v) is 2.85. The van der Waals surface area contributed by atoms with Gasteiger partial charge in [-0.15, -0.1) is 0 Å². The van der Waals surface area contributed by atoms with Crippen LogP contribution in [0, 0.1) is 6.92 Å². The summed E-state index contributed by atoms with van der Waals surface area (Å²) in [7, 11) is 0. The SMILES string of the molecule is Cc1nsnc1C1COc2cc(Br)[nH]c21. The number of hydrogen-bond acceptors (Lipinski definition) is 4. The molecule has 0 fully saturated rings. The summed E-state index contributed by atoms with van der Waals surface area (Å²) in [6.07, 6.45) is 0. The molecule has 0 aliphatic carbocycles. The third kappa shape index (κ3) is 1.39. The number of nitrogens with one attached hydrogen (secondary N) is 1. The van der Waals surface area contributed by atoms with Gasteiger partial charge in [-0.2, -0.15) is 8.75 Å². The summed E-state index contributed by atoms with van der Waals surface area (Å²) in [6, 6.07) is 1.95. The van der Waals surface area contributed by atoms with Gasteiger partial charge in [0.05, 0.1) is 39.3 Å². The monoisotopic (exact) mass is 285 g/mol. The predicted octanol–water partition coefficient (Wildman–Crippen LogP) is 2.46. The fourth-order valence-electron chi connectivity index (χ4n) is 1.82. The van der Waals surface area contributed by atoms with Gasteiger partial charge in [-0.1, -0.05) is 0 Å². The van der Waals surface area contributed by atoms with Crippen LogP contribution in [0.4, 0.5) is 0 Å². The topological polar surface area (TPSA) is 50.8 Å². The molecular weight excluding hydrogens is 278 g/mol. The Balaban J connectivity index is 2.07. The molecule has 6 heteroatoms. The number of hydrogen-bond donors (Lipinski definition) is 1. The first kappa shape index (κ1) is 9.35. The normalized spacial score (nSPS) is 18.9. The largest absolute Gasteiger partial charge is 0.491 e. The van der Waals surface area contributed by atoms with E-state index in [9.17, 15) is 0 Å². The standard InChI is InChI=1S/C9H8BrN3OS/c1-4-8(13-15-12-4)5-3-14-6-2-7(10)11-9(5)6/h2,5,11H,3H2,1H3. The molecule has 0 bridgehead atoms. The van der Waals surface area contributed by atoms with E-state index in [0.29, 0.717) is 6.61 Å². The van der Waals surface area contributed by atoms with Gasteiger partial charge in [0.1, 0.15) is 12.4 Å². The second-order valence-corrected chi connectivity index (χ2v) is 4.88. The van der Waals surface area contributed by atoms with Crippen molar-refractivity contribution < 1.29 is 4.74 Å². The lowest BCUT2D eigenvalue weighted by atomic mass is 10.0. The van der Waals surface area contributed by atoms with E-state index in [-0.39, 0.29) is 5.92 Å². The maximum atomic E-state index is 5.59. The summed E-state index contributed by atoms with van der Waals surface area (Å²) in [6.45, 7) is 2.63. The van der Waals surface area contributed by atoms with Gasteiger partial charge in [-0.05, 0) is 22.9 Å². The van der Waals surface area contributed by atoms with Gasteiger partial charge < -0.3 is 9.72 Å². The van der Waals surface area contributed by atoms with Crippen LogP contribution >= 0.6 is 27.7 Å². The van der Waals surface area contributed by atoms with Crippen LogP contribution in [0.2, 0.25) is 0 Å². The Hall–Kier alpha value is -0.880. The number of ether oxygens (including phenoxy) is 1. The van der Waals surface area contributed by atoms with E-state index in [1.54, 1.807) is 0 Å². The summed E-state index contributed by atoms with van der Waals surface area (Å²) >= 11 is 4.65. The molecule has 0 aromatic carbocycles. The van der Waals surface area contributed by atoms with Crippen molar-refractivity contribution in [1.29, 1.82) is 0 Å². The molecule has 2 aromatic rings. The van der Waals surface area contributed by atoms with Crippen molar-refractivity contribution in [2.75, 3.05) is 6.61 Å². The minimum absolute atomic E-state index is 0.199. The van der Waals surface area contributed by atoms with Crippen LogP contribution in [-0.2, 0) is 0 Å². The van der Waals surface area contributed by atoms with Gasteiger partial charge in [-0.3, -0.25) is 0 Å². The Kier molecular flexibility index (Phi) is 2.07. The van der Waals surface area contributed by atoms with Crippen molar-refractivity contribution in [3.8, 4) is 5.75 Å². The lowest BCUT2D eigenvalue weighted by Gasteiger charge is -2.04. The molecule has 0 saturated carbocycles. The molecule has 15 heavy (non-hydrogen) atoms.